The standard InChI is InChI=1S/C19H28N2O/c1-3-22-12-11-20-16-8-6-7-15(13-16)18-14-21(2)19-10-5-4-9-17(18)19/h4-5,9-10,14-16,20H,3,6-8,11-13H2,1-2H3. The van der Waals surface area contributed by atoms with E-state index in [4.69, 9.17) is 4.74 Å². The zero-order chi connectivity index (χ0) is 15.4. The van der Waals surface area contributed by atoms with Crippen molar-refractivity contribution in [1.29, 1.82) is 0 Å². The molecule has 22 heavy (non-hydrogen) atoms. The first-order valence-corrected chi connectivity index (χ1v) is 8.64. The van der Waals surface area contributed by atoms with Crippen LogP contribution in [-0.4, -0.2) is 30.4 Å². The molecule has 1 aromatic heterocycles. The molecule has 1 N–H and O–H groups in total. The van der Waals surface area contributed by atoms with Crippen LogP contribution in [0, 0.1) is 0 Å². The van der Waals surface area contributed by atoms with Crippen LogP contribution >= 0.6 is 0 Å². The van der Waals surface area contributed by atoms with Gasteiger partial charge in [0, 0.05) is 43.3 Å². The molecule has 2 unspecified atom stereocenters. The number of hydrogen-bond acceptors (Lipinski definition) is 2. The summed E-state index contributed by atoms with van der Waals surface area (Å²) in [6.45, 7) is 4.66. The van der Waals surface area contributed by atoms with Gasteiger partial charge in [0.05, 0.1) is 6.61 Å². The Morgan fingerprint density at radius 3 is 3.00 bits per heavy atom. The molecule has 0 amide bonds. The molecule has 1 aromatic carbocycles. The smallest absolute Gasteiger partial charge is 0.0590 e. The Morgan fingerprint density at radius 2 is 2.14 bits per heavy atom. The van der Waals surface area contributed by atoms with Gasteiger partial charge >= 0.3 is 0 Å². The number of aromatic nitrogens is 1. The Kier molecular flexibility index (Phi) is 5.16. The summed E-state index contributed by atoms with van der Waals surface area (Å²) in [4.78, 5) is 0. The molecule has 1 fully saturated rings. The first-order valence-electron chi connectivity index (χ1n) is 8.64. The van der Waals surface area contributed by atoms with Crippen LogP contribution in [0.2, 0.25) is 0 Å². The van der Waals surface area contributed by atoms with Gasteiger partial charge in [0.2, 0.25) is 0 Å². The molecule has 120 valence electrons. The van der Waals surface area contributed by atoms with E-state index in [1.165, 1.54) is 42.1 Å². The van der Waals surface area contributed by atoms with E-state index in [9.17, 15) is 0 Å². The van der Waals surface area contributed by atoms with Crippen LogP contribution < -0.4 is 5.32 Å². The highest BCUT2D eigenvalue weighted by Crippen LogP contribution is 2.37. The molecule has 1 aliphatic rings. The first kappa shape index (κ1) is 15.6. The number of benzene rings is 1. The molecule has 2 aromatic rings. The molecule has 0 saturated heterocycles. The van der Waals surface area contributed by atoms with Gasteiger partial charge in [0.1, 0.15) is 0 Å². The fourth-order valence-electron chi connectivity index (χ4n) is 3.84. The predicted octanol–water partition coefficient (Wildman–Crippen LogP) is 3.83. The van der Waals surface area contributed by atoms with E-state index < -0.39 is 0 Å². The second-order valence-corrected chi connectivity index (χ2v) is 6.42. The summed E-state index contributed by atoms with van der Waals surface area (Å²) in [5.74, 6) is 0.685. The number of aryl methyl sites for hydroxylation is 1. The molecular formula is C19H28N2O. The second-order valence-electron chi connectivity index (χ2n) is 6.42. The molecule has 0 bridgehead atoms. The van der Waals surface area contributed by atoms with E-state index in [0.29, 0.717) is 12.0 Å². The molecule has 2 atom stereocenters. The number of para-hydroxylation sites is 1. The maximum absolute atomic E-state index is 5.43. The minimum atomic E-state index is 0.637. The topological polar surface area (TPSA) is 26.2 Å². The van der Waals surface area contributed by atoms with Crippen molar-refractivity contribution >= 4 is 10.9 Å². The third kappa shape index (κ3) is 3.36. The Morgan fingerprint density at radius 1 is 1.27 bits per heavy atom. The van der Waals surface area contributed by atoms with Crippen LogP contribution in [-0.2, 0) is 11.8 Å². The zero-order valence-electron chi connectivity index (χ0n) is 13.8. The predicted molar refractivity (Wildman–Crippen MR) is 92.4 cm³/mol. The molecular weight excluding hydrogens is 272 g/mol. The molecule has 0 spiro atoms. The summed E-state index contributed by atoms with van der Waals surface area (Å²) in [6.07, 6.45) is 7.53. The van der Waals surface area contributed by atoms with Crippen LogP contribution in [0.1, 0.15) is 44.1 Å². The molecule has 1 heterocycles. The Hall–Kier alpha value is -1.32. The van der Waals surface area contributed by atoms with Gasteiger partial charge in [0.15, 0.2) is 0 Å². The van der Waals surface area contributed by atoms with Gasteiger partial charge in [-0.3, -0.25) is 0 Å². The van der Waals surface area contributed by atoms with E-state index >= 15 is 0 Å². The highest BCUT2D eigenvalue weighted by Gasteiger charge is 2.25. The van der Waals surface area contributed by atoms with E-state index in [1.807, 2.05) is 0 Å². The Balaban J connectivity index is 1.68. The summed E-state index contributed by atoms with van der Waals surface area (Å²) in [5.41, 5.74) is 2.89. The number of nitrogens with one attached hydrogen (secondary N) is 1. The molecule has 0 aliphatic heterocycles. The van der Waals surface area contributed by atoms with Crippen LogP contribution in [0.5, 0.6) is 0 Å². The fourth-order valence-corrected chi connectivity index (χ4v) is 3.84. The molecule has 1 aliphatic carbocycles. The van der Waals surface area contributed by atoms with Crippen LogP contribution in [0.15, 0.2) is 30.5 Å². The normalized spacial score (nSPS) is 22.3. The maximum atomic E-state index is 5.43. The minimum Gasteiger partial charge on any atom is -0.380 e. The van der Waals surface area contributed by atoms with E-state index in [0.717, 1.165) is 19.8 Å². The van der Waals surface area contributed by atoms with Gasteiger partial charge in [-0.05, 0) is 43.7 Å². The highest BCUT2D eigenvalue weighted by molar-refractivity contribution is 5.84. The third-order valence-corrected chi connectivity index (χ3v) is 4.93. The van der Waals surface area contributed by atoms with E-state index in [2.05, 4.69) is 54.3 Å². The number of rotatable bonds is 6. The van der Waals surface area contributed by atoms with Crippen molar-refractivity contribution in [2.24, 2.45) is 7.05 Å². The summed E-state index contributed by atoms with van der Waals surface area (Å²) in [5, 5.41) is 5.11. The van der Waals surface area contributed by atoms with Crippen molar-refractivity contribution in [3.8, 4) is 0 Å². The molecule has 1 saturated carbocycles. The van der Waals surface area contributed by atoms with Crippen LogP contribution in [0.25, 0.3) is 10.9 Å². The number of ether oxygens (including phenoxy) is 1. The average molecular weight is 300 g/mol. The van der Waals surface area contributed by atoms with Crippen molar-refractivity contribution < 1.29 is 4.74 Å². The molecule has 3 heteroatoms. The Bertz CT molecular complexity index is 605. The summed E-state index contributed by atoms with van der Waals surface area (Å²) in [7, 11) is 2.16. The number of fused-ring (bicyclic) bond motifs is 1. The molecule has 3 rings (SSSR count). The van der Waals surface area contributed by atoms with Crippen LogP contribution in [0.3, 0.4) is 0 Å². The lowest BCUT2D eigenvalue weighted by Gasteiger charge is -2.30. The summed E-state index contributed by atoms with van der Waals surface area (Å²) >= 11 is 0. The number of nitrogens with zero attached hydrogens (tertiary/aromatic N) is 1. The van der Waals surface area contributed by atoms with E-state index in [-0.39, 0.29) is 0 Å². The average Bonchev–Trinajstić information content (AvgIpc) is 2.90. The largest absolute Gasteiger partial charge is 0.380 e. The van der Waals surface area contributed by atoms with Gasteiger partial charge in [-0.25, -0.2) is 0 Å². The lowest BCUT2D eigenvalue weighted by molar-refractivity contribution is 0.144. The van der Waals surface area contributed by atoms with Crippen molar-refractivity contribution in [2.75, 3.05) is 19.8 Å². The van der Waals surface area contributed by atoms with Gasteiger partial charge in [-0.15, -0.1) is 0 Å². The number of hydrogen-bond donors (Lipinski definition) is 1. The summed E-state index contributed by atoms with van der Waals surface area (Å²) in [6, 6.07) is 9.42. The highest BCUT2D eigenvalue weighted by atomic mass is 16.5. The Labute approximate surface area is 133 Å². The first-order chi connectivity index (χ1) is 10.8. The van der Waals surface area contributed by atoms with Gasteiger partial charge in [-0.2, -0.15) is 0 Å². The van der Waals surface area contributed by atoms with E-state index in [1.54, 1.807) is 0 Å². The zero-order valence-corrected chi connectivity index (χ0v) is 13.8. The van der Waals surface area contributed by atoms with Crippen LogP contribution in [0.4, 0.5) is 0 Å². The minimum absolute atomic E-state index is 0.637. The van der Waals surface area contributed by atoms with Gasteiger partial charge in [0.25, 0.3) is 0 Å². The molecule has 0 radical (unpaired) electrons. The molecule has 3 nitrogen and oxygen atoms in total. The lowest BCUT2D eigenvalue weighted by Crippen LogP contribution is -2.35. The van der Waals surface area contributed by atoms with Crippen molar-refractivity contribution in [3.63, 3.8) is 0 Å². The third-order valence-electron chi connectivity index (χ3n) is 4.93. The SMILES string of the molecule is CCOCCNC1CCCC(c2cn(C)c3ccccc23)C1. The van der Waals surface area contributed by atoms with Gasteiger partial charge < -0.3 is 14.6 Å². The second kappa shape index (κ2) is 7.30. The fraction of sp³-hybridized carbons (Fsp3) is 0.579. The van der Waals surface area contributed by atoms with Crippen molar-refractivity contribution in [1.82, 2.24) is 9.88 Å². The van der Waals surface area contributed by atoms with Gasteiger partial charge in [-0.1, -0.05) is 24.6 Å². The van der Waals surface area contributed by atoms with Crippen molar-refractivity contribution in [2.45, 2.75) is 44.6 Å². The maximum Gasteiger partial charge on any atom is 0.0590 e. The monoisotopic (exact) mass is 300 g/mol. The summed E-state index contributed by atoms with van der Waals surface area (Å²) < 4.78 is 7.71. The quantitative estimate of drug-likeness (QED) is 0.821. The van der Waals surface area contributed by atoms with Crippen molar-refractivity contribution in [3.05, 3.63) is 36.0 Å². The lowest BCUT2D eigenvalue weighted by atomic mass is 9.81.